The number of benzene rings is 2. The zero-order valence-electron chi connectivity index (χ0n) is 15.8. The summed E-state index contributed by atoms with van der Waals surface area (Å²) in [6, 6.07) is 15.0. The highest BCUT2D eigenvalue weighted by molar-refractivity contribution is 5.96. The van der Waals surface area contributed by atoms with Gasteiger partial charge in [-0.25, -0.2) is 4.79 Å². The van der Waals surface area contributed by atoms with E-state index in [1.165, 1.54) is 6.92 Å². The van der Waals surface area contributed by atoms with E-state index in [-0.39, 0.29) is 19.1 Å². The van der Waals surface area contributed by atoms with Gasteiger partial charge in [0.05, 0.1) is 6.54 Å². The molecule has 1 aliphatic rings. The Morgan fingerprint density at radius 1 is 1.07 bits per heavy atom. The minimum absolute atomic E-state index is 0.0393. The number of amides is 2. The summed E-state index contributed by atoms with van der Waals surface area (Å²) in [5, 5.41) is 13.4. The molecule has 3 N–H and O–H groups in total. The number of fused-ring (bicyclic) bond motifs is 3. The van der Waals surface area contributed by atoms with Crippen LogP contribution >= 0.6 is 0 Å². The van der Waals surface area contributed by atoms with Crippen LogP contribution in [0.4, 0.5) is 4.79 Å². The molecule has 2 aromatic rings. The number of aliphatic carboxylic acids is 1. The van der Waals surface area contributed by atoms with Gasteiger partial charge in [-0.15, -0.1) is 0 Å². The van der Waals surface area contributed by atoms with Crippen LogP contribution in [0.5, 0.6) is 0 Å². The Labute approximate surface area is 168 Å². The lowest BCUT2D eigenvalue weighted by Crippen LogP contribution is -2.37. The molecule has 0 unspecified atom stereocenters. The number of carboxylic acid groups (broad SMARTS) is 1. The van der Waals surface area contributed by atoms with E-state index >= 15 is 0 Å². The first-order valence-electron chi connectivity index (χ1n) is 9.08. The van der Waals surface area contributed by atoms with Crippen molar-refractivity contribution < 1.29 is 24.2 Å². The van der Waals surface area contributed by atoms with Crippen molar-refractivity contribution in [2.24, 2.45) is 0 Å². The molecule has 0 saturated heterocycles. The van der Waals surface area contributed by atoms with E-state index in [1.807, 2.05) is 36.4 Å². The van der Waals surface area contributed by atoms with Crippen molar-refractivity contribution in [2.45, 2.75) is 18.9 Å². The van der Waals surface area contributed by atoms with Crippen LogP contribution in [0, 0.1) is 11.8 Å². The van der Waals surface area contributed by atoms with Crippen molar-refractivity contribution in [3.8, 4) is 23.0 Å². The first kappa shape index (κ1) is 20.0. The predicted molar refractivity (Wildman–Crippen MR) is 106 cm³/mol. The topological polar surface area (TPSA) is 105 Å². The number of nitrogens with one attached hydrogen (secondary N) is 2. The average molecular weight is 392 g/mol. The zero-order chi connectivity index (χ0) is 20.8. The fraction of sp³-hybridized carbons (Fsp3) is 0.227. The van der Waals surface area contributed by atoms with Crippen LogP contribution < -0.4 is 10.6 Å². The van der Waals surface area contributed by atoms with E-state index in [9.17, 15) is 14.4 Å². The van der Waals surface area contributed by atoms with Crippen molar-refractivity contribution in [3.63, 3.8) is 0 Å². The van der Waals surface area contributed by atoms with Crippen molar-refractivity contribution in [3.05, 3.63) is 59.7 Å². The third-order valence-electron chi connectivity index (χ3n) is 4.58. The minimum atomic E-state index is -1.16. The summed E-state index contributed by atoms with van der Waals surface area (Å²) in [6.07, 6.45) is -0.638. The third-order valence-corrected chi connectivity index (χ3v) is 4.58. The Morgan fingerprint density at radius 2 is 1.66 bits per heavy atom. The summed E-state index contributed by atoms with van der Waals surface area (Å²) in [6.45, 7) is 1.42. The Morgan fingerprint density at radius 3 is 2.24 bits per heavy atom. The molecular weight excluding hydrogens is 372 g/mol. The van der Waals surface area contributed by atoms with E-state index in [0.29, 0.717) is 0 Å². The van der Waals surface area contributed by atoms with Gasteiger partial charge in [-0.2, -0.15) is 0 Å². The van der Waals surface area contributed by atoms with Gasteiger partial charge < -0.3 is 20.5 Å². The number of ether oxygens (including phenoxy) is 1. The molecule has 29 heavy (non-hydrogen) atoms. The molecule has 0 saturated carbocycles. The fourth-order valence-electron chi connectivity index (χ4n) is 3.18. The second-order valence-electron chi connectivity index (χ2n) is 6.51. The molecular formula is C22H20N2O5. The lowest BCUT2D eigenvalue weighted by atomic mass is 9.98. The molecule has 0 bridgehead atoms. The van der Waals surface area contributed by atoms with Gasteiger partial charge in [0, 0.05) is 5.92 Å². The van der Waals surface area contributed by atoms with Gasteiger partial charge in [0.15, 0.2) is 0 Å². The largest absolute Gasteiger partial charge is 0.480 e. The number of rotatable bonds is 5. The molecule has 7 heteroatoms. The number of hydrogen-bond acceptors (Lipinski definition) is 4. The van der Waals surface area contributed by atoms with Crippen molar-refractivity contribution in [1.29, 1.82) is 0 Å². The SMILES string of the molecule is C[C@H](NC(=O)C#CCNC(=O)OCC1c2ccccc2-c2ccccc21)C(=O)O. The van der Waals surface area contributed by atoms with E-state index in [1.54, 1.807) is 0 Å². The molecule has 2 aromatic carbocycles. The normalized spacial score (nSPS) is 12.6. The number of hydrogen-bond donors (Lipinski definition) is 3. The number of carbonyl (C=O) groups is 3. The molecule has 0 radical (unpaired) electrons. The standard InChI is InChI=1S/C22H20N2O5/c1-14(21(26)27)24-20(25)11-6-12-23-22(28)29-13-19-17-9-4-2-7-15(17)16-8-3-5-10-18(16)19/h2-5,7-10,14,19H,12-13H2,1H3,(H,23,28)(H,24,25)(H,26,27)/t14-/m0/s1. The Balaban J connectivity index is 1.51. The smallest absolute Gasteiger partial charge is 0.407 e. The molecule has 0 aromatic heterocycles. The number of carboxylic acids is 1. The monoisotopic (exact) mass is 392 g/mol. The van der Waals surface area contributed by atoms with Gasteiger partial charge >= 0.3 is 12.1 Å². The minimum Gasteiger partial charge on any atom is -0.480 e. The van der Waals surface area contributed by atoms with Crippen molar-refractivity contribution >= 4 is 18.0 Å². The highest BCUT2D eigenvalue weighted by atomic mass is 16.5. The molecule has 0 aliphatic heterocycles. The van der Waals surface area contributed by atoms with E-state index in [2.05, 4.69) is 34.6 Å². The second kappa shape index (κ2) is 8.93. The summed E-state index contributed by atoms with van der Waals surface area (Å²) < 4.78 is 5.35. The van der Waals surface area contributed by atoms with Gasteiger partial charge in [0.2, 0.25) is 0 Å². The van der Waals surface area contributed by atoms with Crippen molar-refractivity contribution in [2.75, 3.05) is 13.2 Å². The highest BCUT2D eigenvalue weighted by Gasteiger charge is 2.28. The van der Waals surface area contributed by atoms with E-state index < -0.39 is 24.0 Å². The first-order valence-corrected chi connectivity index (χ1v) is 9.08. The van der Waals surface area contributed by atoms with Crippen LogP contribution in [0.1, 0.15) is 24.0 Å². The zero-order valence-corrected chi connectivity index (χ0v) is 15.8. The van der Waals surface area contributed by atoms with Gasteiger partial charge in [0.1, 0.15) is 12.6 Å². The Kier molecular flexibility index (Phi) is 6.15. The number of carbonyl (C=O) groups excluding carboxylic acids is 2. The maximum Gasteiger partial charge on any atom is 0.407 e. The summed E-state index contributed by atoms with van der Waals surface area (Å²) in [5.41, 5.74) is 4.52. The van der Waals surface area contributed by atoms with E-state index in [4.69, 9.17) is 9.84 Å². The second-order valence-corrected chi connectivity index (χ2v) is 6.51. The summed E-state index contributed by atoms with van der Waals surface area (Å²) in [7, 11) is 0. The molecule has 3 rings (SSSR count). The molecule has 1 atom stereocenters. The molecule has 0 heterocycles. The number of alkyl carbamates (subject to hydrolysis) is 1. The third kappa shape index (κ3) is 4.74. The quantitative estimate of drug-likeness (QED) is 0.676. The molecule has 148 valence electrons. The molecule has 1 aliphatic carbocycles. The van der Waals surface area contributed by atoms with Crippen LogP contribution in [0.3, 0.4) is 0 Å². The summed E-state index contributed by atoms with van der Waals surface area (Å²) >= 11 is 0. The predicted octanol–water partition coefficient (Wildman–Crippen LogP) is 2.12. The van der Waals surface area contributed by atoms with Gasteiger partial charge in [0.25, 0.3) is 5.91 Å². The highest BCUT2D eigenvalue weighted by Crippen LogP contribution is 2.44. The molecule has 7 nitrogen and oxygen atoms in total. The van der Waals surface area contributed by atoms with Crippen LogP contribution in [0.15, 0.2) is 48.5 Å². The van der Waals surface area contributed by atoms with Crippen LogP contribution in [-0.4, -0.2) is 42.3 Å². The van der Waals surface area contributed by atoms with Gasteiger partial charge in [-0.1, -0.05) is 54.5 Å². The van der Waals surface area contributed by atoms with Crippen LogP contribution in [0.2, 0.25) is 0 Å². The lowest BCUT2D eigenvalue weighted by Gasteiger charge is -2.14. The summed E-state index contributed by atoms with van der Waals surface area (Å²) in [4.78, 5) is 34.1. The first-order chi connectivity index (χ1) is 14.0. The Bertz CT molecular complexity index is 960. The summed E-state index contributed by atoms with van der Waals surface area (Å²) in [5.74, 6) is 2.74. The maximum atomic E-state index is 12.0. The molecule has 0 spiro atoms. The van der Waals surface area contributed by atoms with Gasteiger partial charge in [-0.05, 0) is 35.1 Å². The van der Waals surface area contributed by atoms with Crippen LogP contribution in [-0.2, 0) is 14.3 Å². The lowest BCUT2D eigenvalue weighted by molar-refractivity contribution is -0.140. The molecule has 2 amide bonds. The Hall–Kier alpha value is -3.79. The fourth-order valence-corrected chi connectivity index (χ4v) is 3.18. The van der Waals surface area contributed by atoms with Crippen molar-refractivity contribution in [1.82, 2.24) is 10.6 Å². The van der Waals surface area contributed by atoms with Gasteiger partial charge in [-0.3, -0.25) is 9.59 Å². The van der Waals surface area contributed by atoms with Crippen LogP contribution in [0.25, 0.3) is 11.1 Å². The average Bonchev–Trinajstić information content (AvgIpc) is 3.03. The van der Waals surface area contributed by atoms with E-state index in [0.717, 1.165) is 22.3 Å². The molecule has 0 fully saturated rings. The maximum absolute atomic E-state index is 12.0.